The first-order chi connectivity index (χ1) is 14.3. The van der Waals surface area contributed by atoms with Gasteiger partial charge in [0, 0.05) is 24.5 Å². The summed E-state index contributed by atoms with van der Waals surface area (Å²) in [5, 5.41) is 1.13. The predicted molar refractivity (Wildman–Crippen MR) is 123 cm³/mol. The maximum Gasteiger partial charge on any atom is 0.228 e. The van der Waals surface area contributed by atoms with Crippen LogP contribution < -0.4 is 4.90 Å². The summed E-state index contributed by atoms with van der Waals surface area (Å²) < 4.78 is 26.0. The minimum Gasteiger partial charge on any atom is -0.308 e. The van der Waals surface area contributed by atoms with Crippen LogP contribution in [0, 0.1) is 0 Å². The summed E-state index contributed by atoms with van der Waals surface area (Å²) in [7, 11) is 0.428. The van der Waals surface area contributed by atoms with Crippen molar-refractivity contribution >= 4 is 54.0 Å². The van der Waals surface area contributed by atoms with E-state index in [0.717, 1.165) is 10.2 Å². The first kappa shape index (κ1) is 22.7. The number of rotatable bonds is 9. The molecule has 0 saturated heterocycles. The number of thiazole rings is 1. The number of carbonyl (C=O) groups excluding carboxylic acids is 1. The zero-order chi connectivity index (χ0) is 21.7. The van der Waals surface area contributed by atoms with Gasteiger partial charge in [0.15, 0.2) is 15.0 Å². The highest BCUT2D eigenvalue weighted by atomic mass is 35.5. The van der Waals surface area contributed by atoms with Crippen LogP contribution in [0.5, 0.6) is 0 Å². The fourth-order valence-corrected chi connectivity index (χ4v) is 5.36. The number of fused-ring (bicyclic) bond motifs is 1. The number of likely N-dealkylation sites (N-methyl/N-ethyl adjacent to an activating group) is 1. The van der Waals surface area contributed by atoms with Crippen LogP contribution in [0.15, 0.2) is 53.4 Å². The Bertz CT molecular complexity index is 1080. The number of halogens is 1. The van der Waals surface area contributed by atoms with Gasteiger partial charge in [-0.25, -0.2) is 13.4 Å². The van der Waals surface area contributed by atoms with Crippen molar-refractivity contribution in [3.05, 3.63) is 53.6 Å². The highest BCUT2D eigenvalue weighted by molar-refractivity contribution is 7.91. The molecule has 1 heterocycles. The minimum atomic E-state index is -3.46. The molecule has 3 aromatic rings. The average molecular weight is 466 g/mol. The molecule has 0 saturated carbocycles. The quantitative estimate of drug-likeness (QED) is 0.475. The number of amides is 1. The van der Waals surface area contributed by atoms with Crippen molar-refractivity contribution in [3.8, 4) is 0 Å². The molecule has 6 nitrogen and oxygen atoms in total. The van der Waals surface area contributed by atoms with Crippen LogP contribution in [0.2, 0.25) is 5.02 Å². The first-order valence-corrected chi connectivity index (χ1v) is 12.4. The topological polar surface area (TPSA) is 70.6 Å². The zero-order valence-corrected chi connectivity index (χ0v) is 19.3. The zero-order valence-electron chi connectivity index (χ0n) is 16.9. The van der Waals surface area contributed by atoms with Crippen LogP contribution in [0.4, 0.5) is 5.13 Å². The molecular weight excluding hydrogens is 442 g/mol. The van der Waals surface area contributed by atoms with Gasteiger partial charge >= 0.3 is 0 Å². The molecule has 0 fully saturated rings. The Morgan fingerprint density at radius 3 is 2.43 bits per heavy atom. The van der Waals surface area contributed by atoms with Gasteiger partial charge in [0.25, 0.3) is 0 Å². The molecule has 160 valence electrons. The van der Waals surface area contributed by atoms with Crippen molar-refractivity contribution in [3.63, 3.8) is 0 Å². The number of hydrogen-bond donors (Lipinski definition) is 0. The van der Waals surface area contributed by atoms with Gasteiger partial charge in [-0.3, -0.25) is 9.69 Å². The van der Waals surface area contributed by atoms with E-state index in [1.807, 2.05) is 43.3 Å². The molecule has 0 unspecified atom stereocenters. The van der Waals surface area contributed by atoms with Crippen LogP contribution in [0.25, 0.3) is 10.2 Å². The summed E-state index contributed by atoms with van der Waals surface area (Å²) in [5.74, 6) is -0.218. The summed E-state index contributed by atoms with van der Waals surface area (Å²) in [6.07, 6.45) is 0.378. The van der Waals surface area contributed by atoms with Crippen LogP contribution >= 0.6 is 22.9 Å². The van der Waals surface area contributed by atoms with Gasteiger partial charge in [-0.05, 0) is 56.9 Å². The molecule has 0 radical (unpaired) electrons. The Labute approximate surface area is 186 Å². The minimum absolute atomic E-state index is 0.0955. The summed E-state index contributed by atoms with van der Waals surface area (Å²) in [6.45, 7) is 1.18. The van der Waals surface area contributed by atoms with Crippen molar-refractivity contribution < 1.29 is 13.2 Å². The molecule has 9 heteroatoms. The van der Waals surface area contributed by atoms with Crippen LogP contribution in [-0.4, -0.2) is 57.1 Å². The number of carbonyl (C=O) groups is 1. The monoisotopic (exact) mass is 465 g/mol. The Morgan fingerprint density at radius 2 is 1.77 bits per heavy atom. The van der Waals surface area contributed by atoms with E-state index in [1.54, 1.807) is 17.0 Å². The molecule has 3 rings (SSSR count). The lowest BCUT2D eigenvalue weighted by Crippen LogP contribution is -2.36. The Kier molecular flexibility index (Phi) is 7.46. The first-order valence-electron chi connectivity index (χ1n) is 9.55. The van der Waals surface area contributed by atoms with Gasteiger partial charge in [0.05, 0.1) is 20.9 Å². The number of benzene rings is 2. The van der Waals surface area contributed by atoms with Gasteiger partial charge in [-0.2, -0.15) is 0 Å². The summed E-state index contributed by atoms with van der Waals surface area (Å²) in [4.78, 5) is 21.4. The van der Waals surface area contributed by atoms with Crippen molar-refractivity contribution in [1.82, 2.24) is 9.88 Å². The average Bonchev–Trinajstić information content (AvgIpc) is 3.12. The van der Waals surface area contributed by atoms with Gasteiger partial charge in [-0.1, -0.05) is 35.1 Å². The lowest BCUT2D eigenvalue weighted by atomic mass is 10.3. The lowest BCUT2D eigenvalue weighted by molar-refractivity contribution is -0.118. The third-order valence-corrected chi connectivity index (χ3v) is 7.69. The van der Waals surface area contributed by atoms with E-state index >= 15 is 0 Å². The maximum absolute atomic E-state index is 13.0. The van der Waals surface area contributed by atoms with Crippen molar-refractivity contribution in [1.29, 1.82) is 0 Å². The van der Waals surface area contributed by atoms with Crippen LogP contribution in [0.1, 0.15) is 12.8 Å². The van der Waals surface area contributed by atoms with Crippen LogP contribution in [0.3, 0.4) is 0 Å². The van der Waals surface area contributed by atoms with E-state index < -0.39 is 9.84 Å². The molecule has 2 aromatic carbocycles. The van der Waals surface area contributed by atoms with Crippen molar-refractivity contribution in [2.24, 2.45) is 0 Å². The molecule has 1 aromatic heterocycles. The summed E-state index contributed by atoms with van der Waals surface area (Å²) in [6, 6.07) is 13.8. The second kappa shape index (κ2) is 9.87. The number of sulfone groups is 1. The van der Waals surface area contributed by atoms with Gasteiger partial charge in [0.2, 0.25) is 5.91 Å². The third-order valence-electron chi connectivity index (χ3n) is 4.56. The molecule has 0 spiro atoms. The number of nitrogens with zero attached hydrogens (tertiary/aromatic N) is 3. The van der Waals surface area contributed by atoms with Gasteiger partial charge in [0.1, 0.15) is 0 Å². The Hall–Kier alpha value is -2.00. The molecule has 1 amide bonds. The van der Waals surface area contributed by atoms with E-state index in [0.29, 0.717) is 23.2 Å². The highest BCUT2D eigenvalue weighted by Crippen LogP contribution is 2.29. The van der Waals surface area contributed by atoms with Crippen molar-refractivity contribution in [2.45, 2.75) is 17.7 Å². The van der Waals surface area contributed by atoms with Gasteiger partial charge < -0.3 is 4.90 Å². The second-order valence-electron chi connectivity index (χ2n) is 7.19. The highest BCUT2D eigenvalue weighted by Gasteiger charge is 2.21. The number of para-hydroxylation sites is 1. The smallest absolute Gasteiger partial charge is 0.228 e. The fourth-order valence-electron chi connectivity index (χ4n) is 2.91. The van der Waals surface area contributed by atoms with Crippen molar-refractivity contribution in [2.75, 3.05) is 37.8 Å². The van der Waals surface area contributed by atoms with E-state index in [4.69, 9.17) is 11.6 Å². The standard InChI is InChI=1S/C21H24ClN3O3S2/c1-24(2)13-14-25(21-23-18-6-3-4-7-19(18)29-21)20(26)8-5-15-30(27,28)17-11-9-16(22)10-12-17/h3-4,6-7,9-12H,5,8,13-15H2,1-2H3. The third kappa shape index (κ3) is 5.78. The lowest BCUT2D eigenvalue weighted by Gasteiger charge is -2.22. The largest absolute Gasteiger partial charge is 0.308 e. The predicted octanol–water partition coefficient (Wildman–Crippen LogP) is 4.10. The Morgan fingerprint density at radius 1 is 1.07 bits per heavy atom. The van der Waals surface area contributed by atoms with E-state index in [-0.39, 0.29) is 29.4 Å². The van der Waals surface area contributed by atoms with Gasteiger partial charge in [-0.15, -0.1) is 0 Å². The molecule has 30 heavy (non-hydrogen) atoms. The SMILES string of the molecule is CN(C)CCN(C(=O)CCCS(=O)(=O)c1ccc(Cl)cc1)c1nc2ccccc2s1. The van der Waals surface area contributed by atoms with Crippen LogP contribution in [-0.2, 0) is 14.6 Å². The number of anilines is 1. The Balaban J connectivity index is 1.69. The second-order valence-corrected chi connectivity index (χ2v) is 10.7. The molecule has 0 N–H and O–H groups in total. The summed E-state index contributed by atoms with van der Waals surface area (Å²) >= 11 is 7.30. The molecule has 0 aliphatic carbocycles. The maximum atomic E-state index is 13.0. The molecule has 0 atom stereocenters. The molecule has 0 bridgehead atoms. The number of aromatic nitrogens is 1. The normalized spacial score (nSPS) is 11.9. The molecule has 0 aliphatic heterocycles. The van der Waals surface area contributed by atoms with E-state index in [1.165, 1.54) is 23.5 Å². The van der Waals surface area contributed by atoms with E-state index in [9.17, 15) is 13.2 Å². The van der Waals surface area contributed by atoms with E-state index in [2.05, 4.69) is 4.98 Å². The summed E-state index contributed by atoms with van der Waals surface area (Å²) in [5.41, 5.74) is 0.852. The fraction of sp³-hybridized carbons (Fsp3) is 0.333. The number of hydrogen-bond acceptors (Lipinski definition) is 6. The molecule has 0 aliphatic rings. The molecular formula is C21H24ClN3O3S2.